The number of cyclic esters (lactones) is 1. The van der Waals surface area contributed by atoms with Crippen molar-refractivity contribution >= 4 is 12.1 Å². The minimum absolute atomic E-state index is 0.347. The maximum absolute atomic E-state index is 12.7. The van der Waals surface area contributed by atoms with Crippen LogP contribution in [0.4, 0.5) is 4.79 Å². The summed E-state index contributed by atoms with van der Waals surface area (Å²) in [4.78, 5) is 26.5. The van der Waals surface area contributed by atoms with Crippen molar-refractivity contribution in [3.8, 4) is 0 Å². The molecule has 0 aromatic heterocycles. The third-order valence-corrected chi connectivity index (χ3v) is 4.68. The van der Waals surface area contributed by atoms with Crippen molar-refractivity contribution in [3.05, 3.63) is 35.9 Å². The second-order valence-electron chi connectivity index (χ2n) is 6.85. The zero-order valence-corrected chi connectivity index (χ0v) is 16.0. The number of nitrogens with zero attached hydrogens (tertiary/aromatic N) is 1. The van der Waals surface area contributed by atoms with E-state index >= 15 is 0 Å². The van der Waals surface area contributed by atoms with Gasteiger partial charge in [0.15, 0.2) is 6.04 Å². The lowest BCUT2D eigenvalue weighted by molar-refractivity contribution is -0.150. The number of esters is 1. The molecule has 1 heterocycles. The van der Waals surface area contributed by atoms with Crippen molar-refractivity contribution in [1.82, 2.24) is 4.90 Å². The quantitative estimate of drug-likeness (QED) is 0.424. The molecule has 1 aromatic rings. The average Bonchev–Trinajstić information content (AvgIpc) is 2.94. The Morgan fingerprint density at radius 2 is 1.81 bits per heavy atom. The smallest absolute Gasteiger partial charge is 0.411 e. The third-order valence-electron chi connectivity index (χ3n) is 4.68. The summed E-state index contributed by atoms with van der Waals surface area (Å²) in [5, 5.41) is 0. The number of unbranched alkanes of at least 4 members (excludes halogenated alkanes) is 4. The summed E-state index contributed by atoms with van der Waals surface area (Å²) >= 11 is 0. The lowest BCUT2D eigenvalue weighted by atomic mass is 10.1. The van der Waals surface area contributed by atoms with Crippen molar-refractivity contribution in [2.75, 3.05) is 6.61 Å². The maximum atomic E-state index is 12.7. The van der Waals surface area contributed by atoms with Gasteiger partial charge in [0.05, 0.1) is 13.2 Å². The summed E-state index contributed by atoms with van der Waals surface area (Å²) in [6, 6.07) is 9.00. The summed E-state index contributed by atoms with van der Waals surface area (Å²) in [7, 11) is 0. The molecule has 26 heavy (non-hydrogen) atoms. The predicted octanol–water partition coefficient (Wildman–Crippen LogP) is 4.69. The molecule has 0 saturated carbocycles. The first-order chi connectivity index (χ1) is 12.7. The van der Waals surface area contributed by atoms with E-state index in [4.69, 9.17) is 9.47 Å². The normalized spacial score (nSPS) is 19.5. The number of hydrogen-bond acceptors (Lipinski definition) is 4. The first-order valence-electron chi connectivity index (χ1n) is 9.85. The summed E-state index contributed by atoms with van der Waals surface area (Å²) in [6.45, 7) is 4.96. The summed E-state index contributed by atoms with van der Waals surface area (Å²) in [5.74, 6) is -0.347. The summed E-state index contributed by atoms with van der Waals surface area (Å²) in [5.41, 5.74) is 0.971. The number of ether oxygens (including phenoxy) is 2. The number of amides is 1. The van der Waals surface area contributed by atoms with Gasteiger partial charge in [0.1, 0.15) is 6.10 Å². The van der Waals surface area contributed by atoms with Gasteiger partial charge in [-0.05, 0) is 18.4 Å². The maximum Gasteiger partial charge on any atom is 0.411 e. The molecule has 0 radical (unpaired) electrons. The van der Waals surface area contributed by atoms with E-state index in [1.807, 2.05) is 37.3 Å². The van der Waals surface area contributed by atoms with E-state index in [1.54, 1.807) is 0 Å². The molecular weight excluding hydrogens is 330 g/mol. The Bertz CT molecular complexity index is 560. The van der Waals surface area contributed by atoms with Gasteiger partial charge in [-0.15, -0.1) is 0 Å². The van der Waals surface area contributed by atoms with E-state index in [-0.39, 0.29) is 5.97 Å². The number of rotatable bonds is 11. The number of carbonyl (C=O) groups is 2. The van der Waals surface area contributed by atoms with Crippen LogP contribution in [0.2, 0.25) is 0 Å². The second-order valence-corrected chi connectivity index (χ2v) is 6.85. The molecule has 1 saturated heterocycles. The molecule has 144 valence electrons. The van der Waals surface area contributed by atoms with Gasteiger partial charge in [-0.25, -0.2) is 9.59 Å². The van der Waals surface area contributed by atoms with Crippen molar-refractivity contribution in [1.29, 1.82) is 0 Å². The molecular formula is C21H31NO4. The Labute approximate surface area is 156 Å². The molecule has 1 aromatic carbocycles. The van der Waals surface area contributed by atoms with Gasteiger partial charge in [0.2, 0.25) is 0 Å². The average molecular weight is 361 g/mol. The third kappa shape index (κ3) is 5.75. The molecule has 0 unspecified atom stereocenters. The Morgan fingerprint density at radius 3 is 2.50 bits per heavy atom. The highest BCUT2D eigenvalue weighted by Gasteiger charge is 2.46. The molecule has 1 amide bonds. The first-order valence-corrected chi connectivity index (χ1v) is 9.85. The zero-order valence-electron chi connectivity index (χ0n) is 16.0. The molecule has 2 atom stereocenters. The summed E-state index contributed by atoms with van der Waals surface area (Å²) < 4.78 is 11.0. The molecule has 0 aliphatic carbocycles. The van der Waals surface area contributed by atoms with Gasteiger partial charge in [-0.3, -0.25) is 4.90 Å². The van der Waals surface area contributed by atoms with Crippen LogP contribution in [0.25, 0.3) is 0 Å². The standard InChI is InChI=1S/C21H31NO4/c1-3-5-6-7-11-15-25-20(23)19-18(12-4-2)26-21(24)22(19)16-17-13-9-8-10-14-17/h8-10,13-14,18-19H,3-7,11-12,15-16H2,1-2H3/t18-,19+/m0/s1. The van der Waals surface area contributed by atoms with Crippen LogP contribution in [0.1, 0.15) is 64.4 Å². The van der Waals surface area contributed by atoms with Crippen molar-refractivity contribution in [2.24, 2.45) is 0 Å². The lowest BCUT2D eigenvalue weighted by Crippen LogP contribution is -2.43. The fraction of sp³-hybridized carbons (Fsp3) is 0.619. The molecule has 1 fully saturated rings. The predicted molar refractivity (Wildman–Crippen MR) is 101 cm³/mol. The second kappa shape index (κ2) is 10.8. The summed E-state index contributed by atoms with van der Waals surface area (Å²) in [6.07, 6.45) is 6.14. The largest absolute Gasteiger partial charge is 0.464 e. The molecule has 0 spiro atoms. The van der Waals surface area contributed by atoms with Crippen LogP contribution in [0.15, 0.2) is 30.3 Å². The lowest BCUT2D eigenvalue weighted by Gasteiger charge is -2.23. The van der Waals surface area contributed by atoms with Gasteiger partial charge in [0.25, 0.3) is 0 Å². The highest BCUT2D eigenvalue weighted by molar-refractivity contribution is 5.85. The molecule has 5 nitrogen and oxygen atoms in total. The fourth-order valence-electron chi connectivity index (χ4n) is 3.26. The Balaban J connectivity index is 1.96. The minimum Gasteiger partial charge on any atom is -0.464 e. The van der Waals surface area contributed by atoms with Crippen LogP contribution in [0.3, 0.4) is 0 Å². The highest BCUT2D eigenvalue weighted by Crippen LogP contribution is 2.26. The van der Waals surface area contributed by atoms with Gasteiger partial charge in [-0.2, -0.15) is 0 Å². The zero-order chi connectivity index (χ0) is 18.8. The number of hydrogen-bond donors (Lipinski definition) is 0. The van der Waals surface area contributed by atoms with Crippen molar-refractivity contribution in [2.45, 2.75) is 77.5 Å². The highest BCUT2D eigenvalue weighted by atomic mass is 16.6. The van der Waals surface area contributed by atoms with E-state index in [0.717, 1.165) is 31.2 Å². The molecule has 5 heteroatoms. The molecule has 0 bridgehead atoms. The number of benzene rings is 1. The Hall–Kier alpha value is -2.04. The molecule has 2 rings (SSSR count). The Kier molecular flexibility index (Phi) is 8.45. The van der Waals surface area contributed by atoms with Crippen LogP contribution in [0.5, 0.6) is 0 Å². The van der Waals surface area contributed by atoms with Crippen molar-refractivity contribution < 1.29 is 19.1 Å². The molecule has 0 N–H and O–H groups in total. The van der Waals surface area contributed by atoms with Crippen LogP contribution in [-0.2, 0) is 20.8 Å². The van der Waals surface area contributed by atoms with Gasteiger partial charge in [-0.1, -0.05) is 76.3 Å². The van der Waals surface area contributed by atoms with E-state index < -0.39 is 18.2 Å². The van der Waals surface area contributed by atoms with Crippen molar-refractivity contribution in [3.63, 3.8) is 0 Å². The van der Waals surface area contributed by atoms with Crippen LogP contribution < -0.4 is 0 Å². The SMILES string of the molecule is CCCCCCCOC(=O)[C@H]1[C@H](CCC)OC(=O)N1Cc1ccccc1. The van der Waals surface area contributed by atoms with Crippen LogP contribution >= 0.6 is 0 Å². The minimum atomic E-state index is -0.654. The molecule has 1 aliphatic heterocycles. The van der Waals surface area contributed by atoms with Crippen LogP contribution in [-0.4, -0.2) is 35.7 Å². The van der Waals surface area contributed by atoms with E-state index in [9.17, 15) is 9.59 Å². The van der Waals surface area contributed by atoms with Gasteiger partial charge >= 0.3 is 12.1 Å². The van der Waals surface area contributed by atoms with E-state index in [0.29, 0.717) is 19.6 Å². The van der Waals surface area contributed by atoms with Gasteiger partial charge in [0, 0.05) is 0 Å². The first kappa shape index (κ1) is 20.3. The van der Waals surface area contributed by atoms with Crippen LogP contribution in [0, 0.1) is 0 Å². The van der Waals surface area contributed by atoms with E-state index in [1.165, 1.54) is 17.7 Å². The molecule has 1 aliphatic rings. The van der Waals surface area contributed by atoms with Gasteiger partial charge < -0.3 is 9.47 Å². The monoisotopic (exact) mass is 361 g/mol. The fourth-order valence-corrected chi connectivity index (χ4v) is 3.26. The Morgan fingerprint density at radius 1 is 1.08 bits per heavy atom. The topological polar surface area (TPSA) is 55.8 Å². The number of carbonyl (C=O) groups excluding carboxylic acids is 2. The van der Waals surface area contributed by atoms with E-state index in [2.05, 4.69) is 6.92 Å².